The lowest BCUT2D eigenvalue weighted by Gasteiger charge is -2.15. The van der Waals surface area contributed by atoms with Gasteiger partial charge in [-0.15, -0.1) is 0 Å². The van der Waals surface area contributed by atoms with Gasteiger partial charge in [-0.05, 0) is 56.7 Å². The molecule has 0 saturated carbocycles. The standard InChI is InChI=1S/C20H24ClNO3/c1-4-14(3)22-20(23)15-9-10-19(24-5-2)16(11-15)13-25-18-8-6-7-17(21)12-18/h6-12,14H,4-5,13H2,1-3H3,(H,22,23)/t14-/m1/s1. The number of benzene rings is 2. The van der Waals surface area contributed by atoms with E-state index in [1.807, 2.05) is 45.0 Å². The Morgan fingerprint density at radius 3 is 2.64 bits per heavy atom. The predicted molar refractivity (Wildman–Crippen MR) is 101 cm³/mol. The monoisotopic (exact) mass is 361 g/mol. The van der Waals surface area contributed by atoms with Gasteiger partial charge in [-0.25, -0.2) is 0 Å². The van der Waals surface area contributed by atoms with E-state index in [9.17, 15) is 4.79 Å². The number of ether oxygens (including phenoxy) is 2. The lowest BCUT2D eigenvalue weighted by molar-refractivity contribution is 0.0939. The van der Waals surface area contributed by atoms with Gasteiger partial charge in [-0.3, -0.25) is 4.79 Å². The number of halogens is 1. The van der Waals surface area contributed by atoms with Gasteiger partial charge in [-0.2, -0.15) is 0 Å². The van der Waals surface area contributed by atoms with Crippen LogP contribution in [0.3, 0.4) is 0 Å². The van der Waals surface area contributed by atoms with Gasteiger partial charge in [0.2, 0.25) is 0 Å². The third-order valence-corrected chi connectivity index (χ3v) is 4.04. The molecular formula is C20H24ClNO3. The Balaban J connectivity index is 2.18. The molecule has 2 rings (SSSR count). The first-order chi connectivity index (χ1) is 12.0. The van der Waals surface area contributed by atoms with Crippen LogP contribution in [0.2, 0.25) is 5.02 Å². The molecule has 2 aromatic carbocycles. The predicted octanol–water partition coefficient (Wildman–Crippen LogP) is 4.85. The fourth-order valence-electron chi connectivity index (χ4n) is 2.26. The number of rotatable bonds is 8. The summed E-state index contributed by atoms with van der Waals surface area (Å²) < 4.78 is 11.4. The zero-order valence-corrected chi connectivity index (χ0v) is 15.6. The molecule has 0 unspecified atom stereocenters. The van der Waals surface area contributed by atoms with Crippen molar-refractivity contribution in [3.05, 3.63) is 58.6 Å². The van der Waals surface area contributed by atoms with Gasteiger partial charge in [-0.1, -0.05) is 24.6 Å². The van der Waals surface area contributed by atoms with E-state index in [-0.39, 0.29) is 11.9 Å². The van der Waals surface area contributed by atoms with Crippen molar-refractivity contribution in [3.8, 4) is 11.5 Å². The molecule has 0 aromatic heterocycles. The molecule has 134 valence electrons. The van der Waals surface area contributed by atoms with Crippen molar-refractivity contribution in [2.75, 3.05) is 6.61 Å². The van der Waals surface area contributed by atoms with Crippen LogP contribution in [0.1, 0.15) is 43.1 Å². The highest BCUT2D eigenvalue weighted by molar-refractivity contribution is 6.30. The summed E-state index contributed by atoms with van der Waals surface area (Å²) in [6.45, 7) is 6.77. The Kier molecular flexibility index (Phi) is 7.14. The number of nitrogens with one attached hydrogen (secondary N) is 1. The quantitative estimate of drug-likeness (QED) is 0.731. The summed E-state index contributed by atoms with van der Waals surface area (Å²) >= 11 is 5.98. The first-order valence-electron chi connectivity index (χ1n) is 8.48. The van der Waals surface area contributed by atoms with Crippen LogP contribution in [0.25, 0.3) is 0 Å². The van der Waals surface area contributed by atoms with Gasteiger partial charge >= 0.3 is 0 Å². The van der Waals surface area contributed by atoms with E-state index in [0.717, 1.165) is 12.0 Å². The molecule has 1 atom stereocenters. The topological polar surface area (TPSA) is 47.6 Å². The van der Waals surface area contributed by atoms with Crippen molar-refractivity contribution in [1.29, 1.82) is 0 Å². The summed E-state index contributed by atoms with van der Waals surface area (Å²) in [5, 5.41) is 3.58. The summed E-state index contributed by atoms with van der Waals surface area (Å²) in [5.41, 5.74) is 1.41. The van der Waals surface area contributed by atoms with E-state index < -0.39 is 0 Å². The first-order valence-corrected chi connectivity index (χ1v) is 8.86. The van der Waals surface area contributed by atoms with Gasteiger partial charge in [0.15, 0.2) is 0 Å². The molecule has 0 spiro atoms. The smallest absolute Gasteiger partial charge is 0.251 e. The minimum atomic E-state index is -0.0959. The van der Waals surface area contributed by atoms with Gasteiger partial charge in [0.05, 0.1) is 6.61 Å². The molecule has 25 heavy (non-hydrogen) atoms. The number of amides is 1. The average molecular weight is 362 g/mol. The van der Waals surface area contributed by atoms with Crippen LogP contribution in [0.5, 0.6) is 11.5 Å². The molecule has 0 heterocycles. The van der Waals surface area contributed by atoms with Gasteiger partial charge < -0.3 is 14.8 Å². The number of hydrogen-bond acceptors (Lipinski definition) is 3. The molecule has 2 aromatic rings. The summed E-state index contributed by atoms with van der Waals surface area (Å²) in [7, 11) is 0. The largest absolute Gasteiger partial charge is 0.493 e. The maximum Gasteiger partial charge on any atom is 0.251 e. The van der Waals surface area contributed by atoms with E-state index in [4.69, 9.17) is 21.1 Å². The van der Waals surface area contributed by atoms with Gasteiger partial charge in [0.1, 0.15) is 18.1 Å². The number of carbonyl (C=O) groups is 1. The second-order valence-corrected chi connectivity index (χ2v) is 6.22. The lowest BCUT2D eigenvalue weighted by atomic mass is 10.1. The van der Waals surface area contributed by atoms with E-state index in [1.165, 1.54) is 0 Å². The minimum absolute atomic E-state index is 0.0959. The minimum Gasteiger partial charge on any atom is -0.493 e. The van der Waals surface area contributed by atoms with Crippen molar-refractivity contribution in [3.63, 3.8) is 0 Å². The van der Waals surface area contributed by atoms with Gasteiger partial charge in [0.25, 0.3) is 5.91 Å². The molecular weight excluding hydrogens is 338 g/mol. The molecule has 0 saturated heterocycles. The maximum atomic E-state index is 12.3. The zero-order chi connectivity index (χ0) is 18.2. The number of hydrogen-bond donors (Lipinski definition) is 1. The average Bonchev–Trinajstić information content (AvgIpc) is 2.61. The highest BCUT2D eigenvalue weighted by atomic mass is 35.5. The van der Waals surface area contributed by atoms with Crippen LogP contribution in [-0.2, 0) is 6.61 Å². The molecule has 0 aliphatic carbocycles. The lowest BCUT2D eigenvalue weighted by Crippen LogP contribution is -2.32. The van der Waals surface area contributed by atoms with Crippen LogP contribution < -0.4 is 14.8 Å². The second kappa shape index (κ2) is 9.33. The summed E-state index contributed by atoms with van der Waals surface area (Å²) in [6.07, 6.45) is 0.882. The maximum absolute atomic E-state index is 12.3. The molecule has 0 aliphatic heterocycles. The summed E-state index contributed by atoms with van der Waals surface area (Å²) in [5.74, 6) is 1.29. The molecule has 0 radical (unpaired) electrons. The van der Waals surface area contributed by atoms with E-state index in [2.05, 4.69) is 5.32 Å². The second-order valence-electron chi connectivity index (χ2n) is 5.78. The Labute approximate surface area is 154 Å². The summed E-state index contributed by atoms with van der Waals surface area (Å²) in [4.78, 5) is 12.3. The molecule has 0 aliphatic rings. The highest BCUT2D eigenvalue weighted by Crippen LogP contribution is 2.24. The van der Waals surface area contributed by atoms with Crippen molar-refractivity contribution < 1.29 is 14.3 Å². The Bertz CT molecular complexity index is 718. The van der Waals surface area contributed by atoms with Crippen molar-refractivity contribution in [1.82, 2.24) is 5.32 Å². The van der Waals surface area contributed by atoms with Crippen LogP contribution in [-0.4, -0.2) is 18.6 Å². The molecule has 0 bridgehead atoms. The van der Waals surface area contributed by atoms with Crippen molar-refractivity contribution >= 4 is 17.5 Å². The van der Waals surface area contributed by atoms with Crippen LogP contribution in [0.15, 0.2) is 42.5 Å². The molecule has 0 fully saturated rings. The molecule has 4 nitrogen and oxygen atoms in total. The van der Waals surface area contributed by atoms with E-state index >= 15 is 0 Å². The third kappa shape index (κ3) is 5.68. The Morgan fingerprint density at radius 2 is 1.96 bits per heavy atom. The molecule has 1 amide bonds. The van der Waals surface area contributed by atoms with E-state index in [1.54, 1.807) is 18.2 Å². The first kappa shape index (κ1) is 19.1. The summed E-state index contributed by atoms with van der Waals surface area (Å²) in [6, 6.07) is 12.7. The van der Waals surface area contributed by atoms with Crippen molar-refractivity contribution in [2.45, 2.75) is 39.8 Å². The van der Waals surface area contributed by atoms with E-state index in [0.29, 0.717) is 35.3 Å². The highest BCUT2D eigenvalue weighted by Gasteiger charge is 2.13. The SMILES string of the molecule is CCOc1ccc(C(=O)N[C@H](C)CC)cc1COc1cccc(Cl)c1. The number of carbonyl (C=O) groups excluding carboxylic acids is 1. The Hall–Kier alpha value is -2.20. The fraction of sp³-hybridized carbons (Fsp3) is 0.350. The third-order valence-electron chi connectivity index (χ3n) is 3.80. The van der Waals surface area contributed by atoms with Crippen LogP contribution in [0, 0.1) is 0 Å². The fourth-order valence-corrected chi connectivity index (χ4v) is 2.44. The van der Waals surface area contributed by atoms with Crippen LogP contribution >= 0.6 is 11.6 Å². The molecule has 1 N–H and O–H groups in total. The molecule has 5 heteroatoms. The van der Waals surface area contributed by atoms with Crippen molar-refractivity contribution in [2.24, 2.45) is 0 Å². The van der Waals surface area contributed by atoms with Crippen LogP contribution in [0.4, 0.5) is 0 Å². The Morgan fingerprint density at radius 1 is 1.16 bits per heavy atom. The van der Waals surface area contributed by atoms with Gasteiger partial charge in [0, 0.05) is 22.2 Å². The zero-order valence-electron chi connectivity index (χ0n) is 14.8. The normalized spacial score (nSPS) is 11.7.